The number of unbranched alkanes of at least 4 members (excludes halogenated alkanes) is 28. The van der Waals surface area contributed by atoms with Crippen LogP contribution in [0.2, 0.25) is 0 Å². The van der Waals surface area contributed by atoms with Crippen LogP contribution in [0.15, 0.2) is 0 Å². The quantitative estimate of drug-likeness (QED) is 0.0192. The van der Waals surface area contributed by atoms with Crippen molar-refractivity contribution >= 4 is 0 Å². The van der Waals surface area contributed by atoms with Crippen molar-refractivity contribution in [3.63, 3.8) is 0 Å². The molecule has 5 aliphatic heterocycles. The minimum atomic E-state index is 0. The van der Waals surface area contributed by atoms with E-state index in [4.69, 9.17) is 0 Å². The normalized spacial score (nSPS) is 35.2. The number of quaternary nitrogens is 1. The van der Waals surface area contributed by atoms with Gasteiger partial charge in [-0.15, -0.1) is 0 Å². The van der Waals surface area contributed by atoms with Gasteiger partial charge < -0.3 is 4.48 Å². The minimum absolute atomic E-state index is 0. The third kappa shape index (κ3) is 20.7. The van der Waals surface area contributed by atoms with Gasteiger partial charge in [0.25, 0.3) is 0 Å². The largest absolute Gasteiger partial charge is 0.328 e. The summed E-state index contributed by atoms with van der Waals surface area (Å²) >= 11 is 0. The molecule has 8 bridgehead atoms. The average Bonchev–Trinajstić information content (AvgIpc) is 4.21. The Morgan fingerprint density at radius 3 is 0.526 bits per heavy atom. The zero-order valence-electron chi connectivity index (χ0n) is 51.9. The fourth-order valence-corrected chi connectivity index (χ4v) is 17.9. The molecule has 4 aliphatic carbocycles. The molecule has 4 saturated carbocycles. The van der Waals surface area contributed by atoms with Crippen molar-refractivity contribution in [3.8, 4) is 0 Å². The molecule has 0 aromatic rings. The molecule has 9 rings (SSSR count). The molecule has 9 nitrogen and oxygen atoms in total. The summed E-state index contributed by atoms with van der Waals surface area (Å²) < 4.78 is 1.25. The van der Waals surface area contributed by atoms with Crippen molar-refractivity contribution in [1.29, 1.82) is 0 Å². The number of fused-ring (bicyclic) bond motifs is 20. The van der Waals surface area contributed by atoms with Gasteiger partial charge in [-0.05, 0) is 124 Å². The minimum Gasteiger partial charge on any atom is -0.328 e. The first-order chi connectivity index (χ1) is 37.9. The first-order valence-electron chi connectivity index (χ1n) is 35.8. The van der Waals surface area contributed by atoms with Gasteiger partial charge in [-0.2, -0.15) is 0 Å². The Bertz CT molecular complexity index is 1290. The molecule has 5 saturated heterocycles. The standard InChI is InChI=1S/C36H76N.C32H56N8.Cu/c1-5-7-9-11-13-15-17-19-21-23-25-27-29-31-33-35-37(3,4)36-34-32-30-28-26-24-22-20-18-16-14-12-10-8-6-2;1-2-10-18-17(9-1)25-33-26(18)38-28-21-13-5-6-14-22(21)30(35-28)40-32-24-16-8-7-15-23(24)31(36-32)39-29-20-12-4-3-11-19(20)27(34-29)37-25;/h5-36H2,1-4H3;17-40H,1-16H2;/q+1;;. The molecule has 0 aromatic carbocycles. The van der Waals surface area contributed by atoms with Crippen LogP contribution in [-0.4, -0.2) is 81.0 Å². The number of hydrogen-bond donors (Lipinski definition) is 8. The van der Waals surface area contributed by atoms with Crippen LogP contribution in [0.1, 0.15) is 309 Å². The van der Waals surface area contributed by atoms with Gasteiger partial charge in [0, 0.05) is 17.1 Å². The van der Waals surface area contributed by atoms with Gasteiger partial charge in [-0.25, -0.2) is 0 Å². The fourth-order valence-electron chi connectivity index (χ4n) is 17.9. The van der Waals surface area contributed by atoms with E-state index in [0.29, 0.717) is 49.3 Å². The maximum absolute atomic E-state index is 4.26. The molecule has 8 unspecified atom stereocenters. The number of nitrogens with one attached hydrogen (secondary N) is 8. The maximum Gasteiger partial charge on any atom is 0.0782 e. The Kier molecular flexibility index (Phi) is 31.1. The summed E-state index contributed by atoms with van der Waals surface area (Å²) in [4.78, 5) is 0. The first-order valence-corrected chi connectivity index (χ1v) is 35.8. The second kappa shape index (κ2) is 36.9. The van der Waals surface area contributed by atoms with Crippen molar-refractivity contribution in [1.82, 2.24) is 42.5 Å². The van der Waals surface area contributed by atoms with Crippen molar-refractivity contribution in [2.24, 2.45) is 47.3 Å². The third-order valence-electron chi connectivity index (χ3n) is 22.5. The summed E-state index contributed by atoms with van der Waals surface area (Å²) in [5, 5.41) is 33.8. The van der Waals surface area contributed by atoms with Gasteiger partial charge in [-0.1, -0.05) is 232 Å². The summed E-state index contributed by atoms with van der Waals surface area (Å²) in [5.41, 5.74) is 0. The number of nitrogens with zero attached hydrogens (tertiary/aromatic N) is 1. The number of rotatable bonds is 32. The van der Waals surface area contributed by atoms with Crippen LogP contribution in [0.4, 0.5) is 0 Å². The van der Waals surface area contributed by atoms with Gasteiger partial charge in [0.15, 0.2) is 0 Å². The second-order valence-corrected chi connectivity index (χ2v) is 28.9. The van der Waals surface area contributed by atoms with Crippen molar-refractivity contribution in [2.75, 3.05) is 27.2 Å². The molecule has 9 fully saturated rings. The predicted octanol–water partition coefficient (Wildman–Crippen LogP) is 15.4. The Morgan fingerprint density at radius 1 is 0.231 bits per heavy atom. The zero-order chi connectivity index (χ0) is 53.3. The molecule has 8 atom stereocenters. The van der Waals surface area contributed by atoms with Crippen LogP contribution in [0, 0.1) is 47.3 Å². The van der Waals surface area contributed by atoms with Crippen LogP contribution in [0.25, 0.3) is 0 Å². The molecular formula is C68H132CuN9+. The van der Waals surface area contributed by atoms with Crippen LogP contribution in [0.3, 0.4) is 0 Å². The molecule has 0 aromatic heterocycles. The van der Waals surface area contributed by atoms with Gasteiger partial charge in [0.2, 0.25) is 0 Å². The molecule has 9 aliphatic rings. The first kappa shape index (κ1) is 65.7. The van der Waals surface area contributed by atoms with Crippen molar-refractivity contribution in [2.45, 2.75) is 359 Å². The Labute approximate surface area is 494 Å². The average molecular weight is 1140 g/mol. The third-order valence-corrected chi connectivity index (χ3v) is 22.5. The molecule has 0 spiro atoms. The van der Waals surface area contributed by atoms with Gasteiger partial charge in [0.05, 0.1) is 76.5 Å². The molecular weight excluding hydrogens is 1010 g/mol. The Morgan fingerprint density at radius 2 is 0.372 bits per heavy atom. The van der Waals surface area contributed by atoms with E-state index < -0.39 is 0 Å². The Hall–Kier alpha value is 0.159. The molecule has 459 valence electrons. The summed E-state index contributed by atoms with van der Waals surface area (Å²) in [6.45, 7) is 7.39. The molecule has 0 amide bonds. The van der Waals surface area contributed by atoms with E-state index in [0.717, 1.165) is 47.3 Å². The van der Waals surface area contributed by atoms with E-state index in [9.17, 15) is 0 Å². The van der Waals surface area contributed by atoms with E-state index >= 15 is 0 Å². The molecule has 5 heterocycles. The SMILES string of the molecule is C1CCC2C3NC(NC4NC(NC5NC(NC6NC(N3)C3CCCCC63)C3CCCCC53)C3CCCCC43)C2C1.CCCCCCCCCCCCCCCCC[N+](C)(C)CCCCCCCCCCCCCCCCC.[Cu]. The fraction of sp³-hybridized carbons (Fsp3) is 1.00. The van der Waals surface area contributed by atoms with Crippen LogP contribution in [0.5, 0.6) is 0 Å². The van der Waals surface area contributed by atoms with E-state index in [1.54, 1.807) is 0 Å². The molecule has 1 radical (unpaired) electrons. The second-order valence-electron chi connectivity index (χ2n) is 28.9. The van der Waals surface area contributed by atoms with Gasteiger partial charge >= 0.3 is 0 Å². The summed E-state index contributed by atoms with van der Waals surface area (Å²) in [6.07, 6.45) is 69.5. The summed E-state index contributed by atoms with van der Waals surface area (Å²) in [5.74, 6) is 5.97. The zero-order valence-corrected chi connectivity index (χ0v) is 52.9. The number of hydrogen-bond acceptors (Lipinski definition) is 8. The smallest absolute Gasteiger partial charge is 0.0782 e. The molecule has 10 heteroatoms. The van der Waals surface area contributed by atoms with E-state index in [1.165, 1.54) is 313 Å². The Balaban J connectivity index is 0.000000225. The summed E-state index contributed by atoms with van der Waals surface area (Å²) in [7, 11) is 4.93. The van der Waals surface area contributed by atoms with E-state index in [1.807, 2.05) is 0 Å². The van der Waals surface area contributed by atoms with Crippen LogP contribution >= 0.6 is 0 Å². The van der Waals surface area contributed by atoms with Crippen molar-refractivity contribution in [3.05, 3.63) is 0 Å². The van der Waals surface area contributed by atoms with E-state index in [-0.39, 0.29) is 17.1 Å². The van der Waals surface area contributed by atoms with E-state index in [2.05, 4.69) is 70.5 Å². The predicted molar refractivity (Wildman–Crippen MR) is 329 cm³/mol. The summed E-state index contributed by atoms with van der Waals surface area (Å²) in [6, 6.07) is 0. The van der Waals surface area contributed by atoms with Crippen molar-refractivity contribution < 1.29 is 21.6 Å². The monoisotopic (exact) mass is 1140 g/mol. The van der Waals surface area contributed by atoms with Gasteiger partial charge in [0.1, 0.15) is 0 Å². The topological polar surface area (TPSA) is 96.2 Å². The maximum atomic E-state index is 4.26. The van der Waals surface area contributed by atoms with Crippen LogP contribution < -0.4 is 42.5 Å². The molecule has 78 heavy (non-hydrogen) atoms. The molecule has 8 N–H and O–H groups in total. The van der Waals surface area contributed by atoms with Gasteiger partial charge in [-0.3, -0.25) is 42.5 Å². The van der Waals surface area contributed by atoms with Crippen LogP contribution in [-0.2, 0) is 17.1 Å².